The van der Waals surface area contributed by atoms with Crippen molar-refractivity contribution in [3.05, 3.63) is 52.9 Å². The quantitative estimate of drug-likeness (QED) is 0.602. The van der Waals surface area contributed by atoms with Gasteiger partial charge in [0.2, 0.25) is 0 Å². The van der Waals surface area contributed by atoms with Crippen LogP contribution in [-0.2, 0) is 6.54 Å². The zero-order valence-corrected chi connectivity index (χ0v) is 15.1. The summed E-state index contributed by atoms with van der Waals surface area (Å²) in [6, 6.07) is 12.5. The average Bonchev–Trinajstić information content (AvgIpc) is 3.17. The van der Waals surface area contributed by atoms with Crippen LogP contribution in [0.25, 0.3) is 10.9 Å². The summed E-state index contributed by atoms with van der Waals surface area (Å²) in [6.07, 6.45) is 4.88. The van der Waals surface area contributed by atoms with Gasteiger partial charge in [0.15, 0.2) is 0 Å². The van der Waals surface area contributed by atoms with Crippen LogP contribution in [0.2, 0.25) is 0 Å². The summed E-state index contributed by atoms with van der Waals surface area (Å²) in [6.45, 7) is 3.00. The third-order valence-electron chi connectivity index (χ3n) is 3.74. The first-order valence-corrected chi connectivity index (χ1v) is 9.03. The maximum Gasteiger partial charge on any atom is 0.120 e. The molecule has 1 aromatic carbocycles. The first-order valence-electron chi connectivity index (χ1n) is 7.42. The summed E-state index contributed by atoms with van der Waals surface area (Å²) in [5.74, 6) is 0. The number of aromatic amines is 1. The van der Waals surface area contributed by atoms with Gasteiger partial charge < -0.3 is 9.55 Å². The second-order valence-electron chi connectivity index (χ2n) is 5.42. The molecule has 0 spiro atoms. The van der Waals surface area contributed by atoms with Gasteiger partial charge in [0, 0.05) is 45.3 Å². The Bertz CT molecular complexity index is 846. The smallest absolute Gasteiger partial charge is 0.120 e. The van der Waals surface area contributed by atoms with Crippen LogP contribution in [0.1, 0.15) is 19.0 Å². The summed E-state index contributed by atoms with van der Waals surface area (Å²) in [5, 5.41) is 10.2. The average molecular weight is 389 g/mol. The van der Waals surface area contributed by atoms with Crippen LogP contribution in [0.5, 0.6) is 0 Å². The molecule has 2 N–H and O–H groups in total. The Morgan fingerprint density at radius 2 is 2.26 bits per heavy atom. The number of rotatable bonds is 6. The van der Waals surface area contributed by atoms with Crippen LogP contribution in [0.4, 0.5) is 0 Å². The number of benzene rings is 1. The molecule has 2 aromatic heterocycles. The van der Waals surface area contributed by atoms with E-state index < -0.39 is 0 Å². The summed E-state index contributed by atoms with van der Waals surface area (Å²) < 4.78 is 6.57. The van der Waals surface area contributed by atoms with Gasteiger partial charge in [-0.15, -0.1) is 0 Å². The van der Waals surface area contributed by atoms with Gasteiger partial charge in [-0.2, -0.15) is 5.26 Å². The second kappa shape index (κ2) is 7.26. The van der Waals surface area contributed by atoms with Crippen molar-refractivity contribution in [2.75, 3.05) is 0 Å². The largest absolute Gasteiger partial charge is 0.360 e. The molecule has 6 heteroatoms. The van der Waals surface area contributed by atoms with Crippen LogP contribution in [-0.4, -0.2) is 15.6 Å². The first-order chi connectivity index (χ1) is 11.2. The molecule has 3 aromatic rings. The molecule has 0 fully saturated rings. The third kappa shape index (κ3) is 3.63. The van der Waals surface area contributed by atoms with Gasteiger partial charge in [-0.1, -0.05) is 6.07 Å². The molecule has 0 radical (unpaired) electrons. The van der Waals surface area contributed by atoms with E-state index in [0.717, 1.165) is 23.0 Å². The van der Waals surface area contributed by atoms with Crippen molar-refractivity contribution in [1.82, 2.24) is 14.3 Å². The van der Waals surface area contributed by atoms with Gasteiger partial charge in [-0.3, -0.25) is 4.72 Å². The predicted molar refractivity (Wildman–Crippen MR) is 98.2 cm³/mol. The van der Waals surface area contributed by atoms with Crippen LogP contribution < -0.4 is 4.72 Å². The number of aryl methyl sites for hydroxylation is 1. The Hall–Kier alpha value is -1.68. The van der Waals surface area contributed by atoms with Crippen molar-refractivity contribution in [3.63, 3.8) is 0 Å². The van der Waals surface area contributed by atoms with E-state index in [-0.39, 0.29) is 0 Å². The highest BCUT2D eigenvalue weighted by Gasteiger charge is 2.09. The van der Waals surface area contributed by atoms with E-state index >= 15 is 0 Å². The Labute approximate surface area is 148 Å². The molecule has 4 nitrogen and oxygen atoms in total. The molecule has 1 unspecified atom stereocenters. The topological polar surface area (TPSA) is 56.5 Å². The molecule has 2 heterocycles. The minimum absolute atomic E-state index is 0.335. The van der Waals surface area contributed by atoms with E-state index in [4.69, 9.17) is 5.26 Å². The van der Waals surface area contributed by atoms with Crippen molar-refractivity contribution < 1.29 is 0 Å². The lowest BCUT2D eigenvalue weighted by Gasteiger charge is -2.14. The van der Waals surface area contributed by atoms with E-state index in [0.29, 0.717) is 11.7 Å². The highest BCUT2D eigenvalue weighted by Crippen LogP contribution is 2.32. The molecule has 23 heavy (non-hydrogen) atoms. The first kappa shape index (κ1) is 16.2. The van der Waals surface area contributed by atoms with Crippen molar-refractivity contribution in [2.24, 2.45) is 0 Å². The third-order valence-corrected chi connectivity index (χ3v) is 5.44. The summed E-state index contributed by atoms with van der Waals surface area (Å²) in [5.41, 5.74) is 1.84. The van der Waals surface area contributed by atoms with E-state index in [1.54, 1.807) is 11.9 Å². The van der Waals surface area contributed by atoms with Gasteiger partial charge in [0.05, 0.1) is 0 Å². The zero-order valence-electron chi connectivity index (χ0n) is 12.7. The monoisotopic (exact) mass is 388 g/mol. The van der Waals surface area contributed by atoms with Crippen molar-refractivity contribution in [3.8, 4) is 6.07 Å². The van der Waals surface area contributed by atoms with Gasteiger partial charge in [0.1, 0.15) is 11.8 Å². The van der Waals surface area contributed by atoms with Gasteiger partial charge in [-0.05, 0) is 65.5 Å². The molecule has 1 atom stereocenters. The molecule has 0 amide bonds. The number of nitriles is 1. The van der Waals surface area contributed by atoms with Crippen LogP contribution in [0, 0.1) is 11.3 Å². The van der Waals surface area contributed by atoms with Crippen molar-refractivity contribution in [2.45, 2.75) is 30.8 Å². The van der Waals surface area contributed by atoms with Gasteiger partial charge in [-0.25, -0.2) is 0 Å². The number of nitrogens with one attached hydrogen (secondary N) is 2. The normalized spacial score (nSPS) is 12.4. The lowest BCUT2D eigenvalue weighted by atomic mass is 10.2. The molecule has 0 aliphatic heterocycles. The van der Waals surface area contributed by atoms with Gasteiger partial charge in [0.25, 0.3) is 0 Å². The Morgan fingerprint density at radius 3 is 3.09 bits per heavy atom. The maximum atomic E-state index is 9.03. The molecule has 0 saturated carbocycles. The fourth-order valence-corrected chi connectivity index (χ4v) is 4.05. The lowest BCUT2D eigenvalue weighted by Crippen LogP contribution is -2.21. The van der Waals surface area contributed by atoms with Crippen LogP contribution in [0.3, 0.4) is 0 Å². The van der Waals surface area contributed by atoms with Gasteiger partial charge >= 0.3 is 0 Å². The molecular formula is C17H17BrN4S. The highest BCUT2D eigenvalue weighted by atomic mass is 79.9. The number of nitrogens with zero attached hydrogens (tertiary/aromatic N) is 2. The fourth-order valence-electron chi connectivity index (χ4n) is 2.46. The molecule has 0 aliphatic rings. The zero-order chi connectivity index (χ0) is 16.2. The number of H-pyrrole nitrogens is 1. The van der Waals surface area contributed by atoms with E-state index in [1.807, 2.05) is 29.1 Å². The molecule has 3 rings (SSSR count). The summed E-state index contributed by atoms with van der Waals surface area (Å²) >= 11 is 5.24. The minimum atomic E-state index is 0.335. The lowest BCUT2D eigenvalue weighted by molar-refractivity contribution is 0.548. The number of aromatic nitrogens is 2. The second-order valence-corrected chi connectivity index (χ2v) is 7.16. The SMILES string of the molecule is CC(CCn1cccc1C#N)NSc1cccc2[nH]cc(Br)c12. The number of hydrogen-bond acceptors (Lipinski definition) is 3. The molecule has 118 valence electrons. The molecule has 0 aliphatic carbocycles. The predicted octanol–water partition coefficient (Wildman–Crippen LogP) is 4.68. The van der Waals surface area contributed by atoms with Crippen molar-refractivity contribution in [1.29, 1.82) is 5.26 Å². The summed E-state index contributed by atoms with van der Waals surface area (Å²) in [4.78, 5) is 4.45. The molecule has 0 bridgehead atoms. The highest BCUT2D eigenvalue weighted by molar-refractivity contribution is 9.10. The molecular weight excluding hydrogens is 372 g/mol. The number of hydrogen-bond donors (Lipinski definition) is 2. The van der Waals surface area contributed by atoms with Crippen LogP contribution in [0.15, 0.2) is 52.1 Å². The Balaban J connectivity index is 1.59. The summed E-state index contributed by atoms with van der Waals surface area (Å²) in [7, 11) is 0. The maximum absolute atomic E-state index is 9.03. The van der Waals surface area contributed by atoms with E-state index in [9.17, 15) is 0 Å². The number of fused-ring (bicyclic) bond motifs is 1. The Morgan fingerprint density at radius 1 is 1.39 bits per heavy atom. The van der Waals surface area contributed by atoms with Crippen molar-refractivity contribution >= 4 is 38.8 Å². The fraction of sp³-hybridized carbons (Fsp3) is 0.235. The Kier molecular flexibility index (Phi) is 5.11. The molecule has 0 saturated heterocycles. The van der Waals surface area contributed by atoms with E-state index in [2.05, 4.69) is 56.8 Å². The van der Waals surface area contributed by atoms with E-state index in [1.165, 1.54) is 10.3 Å². The number of halogens is 1. The minimum Gasteiger partial charge on any atom is -0.360 e. The standard InChI is InChI=1S/C17H17BrN4S/c1-12(7-9-22-8-3-4-13(22)10-19)21-23-16-6-2-5-15-17(16)14(18)11-20-15/h2-6,8,11-12,20-21H,7,9H2,1H3. The van der Waals surface area contributed by atoms with Crippen LogP contribution >= 0.6 is 27.9 Å².